The van der Waals surface area contributed by atoms with Crippen molar-refractivity contribution in [3.05, 3.63) is 99.6 Å². The molecule has 38 heavy (non-hydrogen) atoms. The van der Waals surface area contributed by atoms with E-state index < -0.39 is 17.4 Å². The van der Waals surface area contributed by atoms with E-state index in [9.17, 15) is 14.4 Å². The molecular formula is C31H26N4O3. The molecule has 4 aromatic rings. The zero-order valence-electron chi connectivity index (χ0n) is 21.2. The molecule has 0 saturated carbocycles. The van der Waals surface area contributed by atoms with Gasteiger partial charge in [-0.05, 0) is 74.7 Å². The van der Waals surface area contributed by atoms with Crippen LogP contribution in [-0.2, 0) is 15.1 Å². The number of carbonyl (C=O) groups is 2. The molecular weight excluding hydrogens is 476 g/mol. The summed E-state index contributed by atoms with van der Waals surface area (Å²) in [6, 6.07) is 20.9. The van der Waals surface area contributed by atoms with Crippen LogP contribution in [0.1, 0.15) is 35.4 Å². The number of rotatable bonds is 1. The second kappa shape index (κ2) is 7.26. The fourth-order valence-corrected chi connectivity index (χ4v) is 7.73. The molecule has 4 atom stereocenters. The molecule has 0 aliphatic carbocycles. The Morgan fingerprint density at radius 3 is 2.53 bits per heavy atom. The molecule has 1 aromatic heterocycles. The van der Waals surface area contributed by atoms with Gasteiger partial charge in [0.25, 0.3) is 5.56 Å². The van der Waals surface area contributed by atoms with Crippen LogP contribution in [0, 0.1) is 25.7 Å². The van der Waals surface area contributed by atoms with Crippen molar-refractivity contribution in [1.29, 1.82) is 0 Å². The Kier molecular flexibility index (Phi) is 4.19. The third-order valence-corrected chi connectivity index (χ3v) is 9.39. The van der Waals surface area contributed by atoms with E-state index in [0.717, 1.165) is 41.8 Å². The second-order valence-electron chi connectivity index (χ2n) is 11.1. The minimum absolute atomic E-state index is 0.0871. The van der Waals surface area contributed by atoms with Gasteiger partial charge >= 0.3 is 0 Å². The van der Waals surface area contributed by atoms with Crippen LogP contribution in [0.4, 0.5) is 5.69 Å². The number of amides is 2. The number of aryl methyl sites for hydroxylation is 2. The number of fused-ring (bicyclic) bond motifs is 11. The SMILES string of the molecule is Cc1ccc(N2C(=O)C3C4CCCN4C4(c5ccccc5-n5c4nc4ccccc4c5=O)C3C2=O)cc1C. The van der Waals surface area contributed by atoms with Crippen molar-refractivity contribution in [1.82, 2.24) is 14.5 Å². The highest BCUT2D eigenvalue weighted by atomic mass is 16.2. The minimum atomic E-state index is -0.979. The highest BCUT2D eigenvalue weighted by molar-refractivity contribution is 6.23. The van der Waals surface area contributed by atoms with Crippen molar-refractivity contribution < 1.29 is 9.59 Å². The summed E-state index contributed by atoms with van der Waals surface area (Å²) in [5, 5.41) is 0.543. The van der Waals surface area contributed by atoms with Crippen molar-refractivity contribution in [3.63, 3.8) is 0 Å². The fraction of sp³-hybridized carbons (Fsp3) is 0.290. The van der Waals surface area contributed by atoms with E-state index in [1.165, 1.54) is 4.90 Å². The molecule has 4 unspecified atom stereocenters. The molecule has 3 aromatic carbocycles. The van der Waals surface area contributed by atoms with Crippen molar-refractivity contribution in [2.24, 2.45) is 11.8 Å². The molecule has 7 heteroatoms. The molecule has 0 N–H and O–H groups in total. The number of aromatic nitrogens is 2. The Morgan fingerprint density at radius 2 is 1.68 bits per heavy atom. The molecule has 8 rings (SSSR count). The molecule has 188 valence electrons. The molecule has 7 nitrogen and oxygen atoms in total. The average molecular weight is 503 g/mol. The summed E-state index contributed by atoms with van der Waals surface area (Å²) in [4.78, 5) is 51.5. The monoisotopic (exact) mass is 502 g/mol. The first-order chi connectivity index (χ1) is 18.4. The smallest absolute Gasteiger partial charge is 0.266 e. The van der Waals surface area contributed by atoms with E-state index in [4.69, 9.17) is 4.98 Å². The van der Waals surface area contributed by atoms with E-state index >= 15 is 0 Å². The first-order valence-corrected chi connectivity index (χ1v) is 13.3. The van der Waals surface area contributed by atoms with Crippen molar-refractivity contribution >= 4 is 28.4 Å². The number of imide groups is 1. The summed E-state index contributed by atoms with van der Waals surface area (Å²) >= 11 is 0. The Morgan fingerprint density at radius 1 is 0.895 bits per heavy atom. The second-order valence-corrected chi connectivity index (χ2v) is 11.1. The summed E-state index contributed by atoms with van der Waals surface area (Å²) in [6.07, 6.45) is 1.77. The van der Waals surface area contributed by atoms with Crippen LogP contribution in [0.15, 0.2) is 71.5 Å². The molecule has 4 aliphatic rings. The van der Waals surface area contributed by atoms with Crippen LogP contribution in [-0.4, -0.2) is 38.9 Å². The average Bonchev–Trinajstić information content (AvgIpc) is 3.63. The van der Waals surface area contributed by atoms with Crippen LogP contribution >= 0.6 is 0 Å². The lowest BCUT2D eigenvalue weighted by atomic mass is 9.75. The summed E-state index contributed by atoms with van der Waals surface area (Å²) in [6.45, 7) is 4.77. The van der Waals surface area contributed by atoms with Gasteiger partial charge in [-0.15, -0.1) is 0 Å². The molecule has 1 spiro atoms. The van der Waals surface area contributed by atoms with Crippen LogP contribution in [0.2, 0.25) is 0 Å². The maximum Gasteiger partial charge on any atom is 0.266 e. The number of hydrogen-bond donors (Lipinski definition) is 0. The van der Waals surface area contributed by atoms with Gasteiger partial charge in [-0.25, -0.2) is 9.88 Å². The fourth-order valence-electron chi connectivity index (χ4n) is 7.73. The zero-order chi connectivity index (χ0) is 25.9. The molecule has 0 radical (unpaired) electrons. The lowest BCUT2D eigenvalue weighted by molar-refractivity contribution is -0.124. The molecule has 3 saturated heterocycles. The summed E-state index contributed by atoms with van der Waals surface area (Å²) in [5.41, 5.74) is 3.90. The molecule has 0 bridgehead atoms. The topological polar surface area (TPSA) is 75.5 Å². The summed E-state index contributed by atoms with van der Waals surface area (Å²) < 4.78 is 1.70. The molecule has 5 heterocycles. The van der Waals surface area contributed by atoms with Gasteiger partial charge < -0.3 is 0 Å². The predicted molar refractivity (Wildman–Crippen MR) is 143 cm³/mol. The van der Waals surface area contributed by atoms with E-state index in [0.29, 0.717) is 22.4 Å². The first kappa shape index (κ1) is 21.9. The lowest BCUT2D eigenvalue weighted by Gasteiger charge is -2.38. The quantitative estimate of drug-likeness (QED) is 0.370. The Labute approximate surface area is 219 Å². The lowest BCUT2D eigenvalue weighted by Crippen LogP contribution is -2.51. The van der Waals surface area contributed by atoms with Gasteiger partial charge in [0, 0.05) is 11.6 Å². The molecule has 2 amide bonds. The first-order valence-electron chi connectivity index (χ1n) is 13.3. The van der Waals surface area contributed by atoms with Crippen LogP contribution in [0.25, 0.3) is 16.6 Å². The highest BCUT2D eigenvalue weighted by Gasteiger charge is 2.73. The number of benzene rings is 3. The largest absolute Gasteiger partial charge is 0.283 e. The highest BCUT2D eigenvalue weighted by Crippen LogP contribution is 2.62. The Hall–Kier alpha value is -4.10. The Balaban J connectivity index is 1.44. The number of carbonyl (C=O) groups excluding carboxylic acids is 2. The number of para-hydroxylation sites is 2. The third-order valence-electron chi connectivity index (χ3n) is 9.39. The standard InChI is InChI=1S/C31H26N4O3/c1-17-13-14-19(16-18(17)2)34-28(37)25-24-12-7-15-33(24)31(26(25)29(34)38)21-9-4-6-11-23(21)35-27(36)20-8-3-5-10-22(20)32-30(31)35/h3-6,8-11,13-14,16,24-26H,7,12,15H2,1-2H3. The number of anilines is 1. The van der Waals surface area contributed by atoms with Gasteiger partial charge in [-0.3, -0.25) is 23.9 Å². The van der Waals surface area contributed by atoms with Gasteiger partial charge in [0.05, 0.1) is 34.1 Å². The van der Waals surface area contributed by atoms with E-state index in [1.54, 1.807) is 10.6 Å². The maximum atomic E-state index is 14.5. The van der Waals surface area contributed by atoms with E-state index in [2.05, 4.69) is 4.90 Å². The summed E-state index contributed by atoms with van der Waals surface area (Å²) in [7, 11) is 0. The van der Waals surface area contributed by atoms with E-state index in [1.807, 2.05) is 74.5 Å². The zero-order valence-corrected chi connectivity index (χ0v) is 21.2. The third kappa shape index (κ3) is 2.39. The van der Waals surface area contributed by atoms with Gasteiger partial charge in [0.15, 0.2) is 0 Å². The predicted octanol–water partition coefficient (Wildman–Crippen LogP) is 3.84. The van der Waals surface area contributed by atoms with Gasteiger partial charge in [0.2, 0.25) is 11.8 Å². The van der Waals surface area contributed by atoms with Crippen LogP contribution < -0.4 is 10.5 Å². The van der Waals surface area contributed by atoms with Crippen molar-refractivity contribution in [2.75, 3.05) is 11.4 Å². The normalized spacial score (nSPS) is 27.3. The van der Waals surface area contributed by atoms with Crippen LogP contribution in [0.3, 0.4) is 0 Å². The maximum absolute atomic E-state index is 14.5. The van der Waals surface area contributed by atoms with Gasteiger partial charge in [0.1, 0.15) is 11.4 Å². The number of nitrogens with zero attached hydrogens (tertiary/aromatic N) is 4. The van der Waals surface area contributed by atoms with Crippen molar-refractivity contribution in [3.8, 4) is 5.69 Å². The van der Waals surface area contributed by atoms with Gasteiger partial charge in [-0.1, -0.05) is 36.4 Å². The Bertz CT molecular complexity index is 1790. The summed E-state index contributed by atoms with van der Waals surface area (Å²) in [5.74, 6) is -0.941. The van der Waals surface area contributed by atoms with E-state index in [-0.39, 0.29) is 23.4 Å². The molecule has 4 aliphatic heterocycles. The van der Waals surface area contributed by atoms with Crippen LogP contribution in [0.5, 0.6) is 0 Å². The molecule has 3 fully saturated rings. The van der Waals surface area contributed by atoms with Gasteiger partial charge in [-0.2, -0.15) is 0 Å². The minimum Gasteiger partial charge on any atom is -0.283 e. The number of hydrogen-bond acceptors (Lipinski definition) is 5. The van der Waals surface area contributed by atoms with Crippen molar-refractivity contribution in [2.45, 2.75) is 38.3 Å².